The summed E-state index contributed by atoms with van der Waals surface area (Å²) in [5.74, 6) is 1.15. The highest BCUT2D eigenvalue weighted by molar-refractivity contribution is 7.17. The summed E-state index contributed by atoms with van der Waals surface area (Å²) in [6, 6.07) is 12.9. The molecular formula is C21H19N3O3S. The molecule has 4 rings (SSSR count). The van der Waals surface area contributed by atoms with Crippen molar-refractivity contribution in [1.82, 2.24) is 15.3 Å². The normalized spacial score (nSPS) is 12.1. The van der Waals surface area contributed by atoms with Crippen LogP contribution in [0, 0.1) is 6.92 Å². The van der Waals surface area contributed by atoms with Gasteiger partial charge in [-0.3, -0.25) is 9.78 Å². The maximum atomic E-state index is 12.8. The first-order valence-corrected chi connectivity index (χ1v) is 9.64. The fourth-order valence-electron chi connectivity index (χ4n) is 2.97. The number of fused-ring (bicyclic) bond motifs is 1. The lowest BCUT2D eigenvalue weighted by atomic mass is 10.2. The molecule has 0 aliphatic heterocycles. The molecule has 142 valence electrons. The Morgan fingerprint density at radius 2 is 2.11 bits per heavy atom. The molecule has 0 fully saturated rings. The van der Waals surface area contributed by atoms with Crippen molar-refractivity contribution in [3.63, 3.8) is 0 Å². The van der Waals surface area contributed by atoms with Gasteiger partial charge in [-0.15, -0.1) is 11.3 Å². The van der Waals surface area contributed by atoms with Gasteiger partial charge in [-0.1, -0.05) is 18.2 Å². The van der Waals surface area contributed by atoms with Gasteiger partial charge in [-0.25, -0.2) is 4.98 Å². The lowest BCUT2D eigenvalue weighted by molar-refractivity contribution is 0.0939. The quantitative estimate of drug-likeness (QED) is 0.529. The molecule has 1 atom stereocenters. The number of rotatable bonds is 5. The SMILES string of the molecule is COc1cccc2cc(C(C)NC(=O)c3sc(-c4ccccn4)nc3C)oc12. The van der Waals surface area contributed by atoms with E-state index in [-0.39, 0.29) is 11.9 Å². The van der Waals surface area contributed by atoms with Crippen LogP contribution in [0.15, 0.2) is 53.1 Å². The third kappa shape index (κ3) is 3.36. The molecule has 1 aromatic carbocycles. The first kappa shape index (κ1) is 18.2. The Bertz CT molecular complexity index is 1130. The summed E-state index contributed by atoms with van der Waals surface area (Å²) in [7, 11) is 1.61. The van der Waals surface area contributed by atoms with Gasteiger partial charge in [0.25, 0.3) is 5.91 Å². The molecule has 1 N–H and O–H groups in total. The van der Waals surface area contributed by atoms with Crippen molar-refractivity contribution < 1.29 is 13.9 Å². The number of ether oxygens (including phenoxy) is 1. The van der Waals surface area contributed by atoms with Crippen LogP contribution in [0.25, 0.3) is 21.7 Å². The number of carbonyl (C=O) groups is 1. The van der Waals surface area contributed by atoms with E-state index in [4.69, 9.17) is 9.15 Å². The van der Waals surface area contributed by atoms with E-state index >= 15 is 0 Å². The molecular weight excluding hydrogens is 374 g/mol. The highest BCUT2D eigenvalue weighted by atomic mass is 32.1. The van der Waals surface area contributed by atoms with Crippen molar-refractivity contribution in [2.24, 2.45) is 0 Å². The van der Waals surface area contributed by atoms with E-state index in [2.05, 4.69) is 15.3 Å². The van der Waals surface area contributed by atoms with Crippen LogP contribution >= 0.6 is 11.3 Å². The van der Waals surface area contributed by atoms with Gasteiger partial charge in [0.15, 0.2) is 11.3 Å². The van der Waals surface area contributed by atoms with Crippen LogP contribution in [0.2, 0.25) is 0 Å². The number of amides is 1. The molecule has 3 aromatic heterocycles. The van der Waals surface area contributed by atoms with E-state index in [9.17, 15) is 4.79 Å². The zero-order chi connectivity index (χ0) is 19.7. The minimum Gasteiger partial charge on any atom is -0.493 e. The monoisotopic (exact) mass is 393 g/mol. The van der Waals surface area contributed by atoms with Crippen molar-refractivity contribution in [2.45, 2.75) is 19.9 Å². The maximum Gasteiger partial charge on any atom is 0.263 e. The van der Waals surface area contributed by atoms with Crippen LogP contribution in [0.4, 0.5) is 0 Å². The average molecular weight is 393 g/mol. The number of nitrogens with one attached hydrogen (secondary N) is 1. The third-order valence-corrected chi connectivity index (χ3v) is 5.59. The predicted molar refractivity (Wildman–Crippen MR) is 109 cm³/mol. The van der Waals surface area contributed by atoms with Gasteiger partial charge in [-0.2, -0.15) is 0 Å². The Hall–Kier alpha value is -3.19. The maximum absolute atomic E-state index is 12.8. The number of aryl methyl sites for hydroxylation is 1. The topological polar surface area (TPSA) is 77.2 Å². The van der Waals surface area contributed by atoms with E-state index < -0.39 is 0 Å². The number of methoxy groups -OCH3 is 1. The Morgan fingerprint density at radius 3 is 2.86 bits per heavy atom. The summed E-state index contributed by atoms with van der Waals surface area (Å²) < 4.78 is 11.3. The zero-order valence-corrected chi connectivity index (χ0v) is 16.5. The number of benzene rings is 1. The summed E-state index contributed by atoms with van der Waals surface area (Å²) in [4.78, 5) is 22.2. The minimum absolute atomic E-state index is 0.183. The molecule has 0 radical (unpaired) electrons. The second-order valence-corrected chi connectivity index (χ2v) is 7.37. The highest BCUT2D eigenvalue weighted by Crippen LogP contribution is 2.31. The molecule has 0 aliphatic rings. The standard InChI is InChI=1S/C21H19N3O3S/c1-12(17-11-14-7-6-9-16(26-3)18(14)27-17)23-20(25)19-13(2)24-21(28-19)15-8-4-5-10-22-15/h4-12H,1-3H3,(H,23,25). The van der Waals surface area contributed by atoms with Crippen molar-refractivity contribution in [3.8, 4) is 16.5 Å². The van der Waals surface area contributed by atoms with Gasteiger partial charge in [-0.05, 0) is 38.1 Å². The summed E-state index contributed by atoms with van der Waals surface area (Å²) in [6.07, 6.45) is 1.71. The molecule has 0 aliphatic carbocycles. The van der Waals surface area contributed by atoms with Crippen molar-refractivity contribution in [3.05, 3.63) is 65.0 Å². The zero-order valence-electron chi connectivity index (χ0n) is 15.7. The van der Waals surface area contributed by atoms with Gasteiger partial charge >= 0.3 is 0 Å². The molecule has 0 bridgehead atoms. The van der Waals surface area contributed by atoms with Crippen LogP contribution in [0.5, 0.6) is 5.75 Å². The Morgan fingerprint density at radius 1 is 1.25 bits per heavy atom. The van der Waals surface area contributed by atoms with Crippen LogP contribution in [-0.2, 0) is 0 Å². The van der Waals surface area contributed by atoms with Gasteiger partial charge in [0.2, 0.25) is 0 Å². The van der Waals surface area contributed by atoms with Crippen LogP contribution < -0.4 is 10.1 Å². The minimum atomic E-state index is -0.301. The first-order chi connectivity index (χ1) is 13.6. The Kier molecular flexibility index (Phi) is 4.83. The lowest BCUT2D eigenvalue weighted by Crippen LogP contribution is -2.26. The van der Waals surface area contributed by atoms with Crippen molar-refractivity contribution >= 4 is 28.2 Å². The molecule has 0 spiro atoms. The molecule has 0 saturated carbocycles. The number of nitrogens with zero attached hydrogens (tertiary/aromatic N) is 2. The molecule has 6 nitrogen and oxygen atoms in total. The summed E-state index contributed by atoms with van der Waals surface area (Å²) >= 11 is 1.33. The van der Waals surface area contributed by atoms with Gasteiger partial charge < -0.3 is 14.5 Å². The Balaban J connectivity index is 1.56. The van der Waals surface area contributed by atoms with Crippen molar-refractivity contribution in [2.75, 3.05) is 7.11 Å². The van der Waals surface area contributed by atoms with E-state index in [1.165, 1.54) is 11.3 Å². The molecule has 7 heteroatoms. The molecule has 0 saturated heterocycles. The highest BCUT2D eigenvalue weighted by Gasteiger charge is 2.21. The summed E-state index contributed by atoms with van der Waals surface area (Å²) in [6.45, 7) is 3.71. The average Bonchev–Trinajstić information content (AvgIpc) is 3.32. The number of para-hydroxylation sites is 1. The Labute approximate surface area is 166 Å². The summed E-state index contributed by atoms with van der Waals surface area (Å²) in [5.41, 5.74) is 2.11. The predicted octanol–water partition coefficient (Wildman–Crippen LogP) is 4.76. The van der Waals surface area contributed by atoms with Gasteiger partial charge in [0, 0.05) is 11.6 Å². The van der Waals surface area contributed by atoms with Gasteiger partial charge in [0.1, 0.15) is 15.6 Å². The first-order valence-electron chi connectivity index (χ1n) is 8.83. The number of hydrogen-bond acceptors (Lipinski definition) is 6. The number of thiazole rings is 1. The van der Waals surface area contributed by atoms with E-state index in [1.807, 2.05) is 56.3 Å². The van der Waals surface area contributed by atoms with Crippen molar-refractivity contribution in [1.29, 1.82) is 0 Å². The van der Waals surface area contributed by atoms with E-state index in [0.717, 1.165) is 16.1 Å². The third-order valence-electron chi connectivity index (χ3n) is 4.41. The number of furan rings is 1. The lowest BCUT2D eigenvalue weighted by Gasteiger charge is -2.10. The van der Waals surface area contributed by atoms with Crippen LogP contribution in [0.3, 0.4) is 0 Å². The van der Waals surface area contributed by atoms with E-state index in [0.29, 0.717) is 27.7 Å². The molecule has 1 unspecified atom stereocenters. The number of pyridine rings is 1. The molecule has 3 heterocycles. The fourth-order valence-corrected chi connectivity index (χ4v) is 3.92. The molecule has 1 amide bonds. The fraction of sp³-hybridized carbons (Fsp3) is 0.190. The second kappa shape index (κ2) is 7.44. The smallest absolute Gasteiger partial charge is 0.263 e. The molecule has 4 aromatic rings. The van der Waals surface area contributed by atoms with Crippen LogP contribution in [-0.4, -0.2) is 23.0 Å². The molecule has 28 heavy (non-hydrogen) atoms. The number of hydrogen-bond donors (Lipinski definition) is 1. The van der Waals surface area contributed by atoms with Crippen LogP contribution in [0.1, 0.15) is 34.1 Å². The van der Waals surface area contributed by atoms with Gasteiger partial charge in [0.05, 0.1) is 24.5 Å². The van der Waals surface area contributed by atoms with E-state index in [1.54, 1.807) is 13.3 Å². The number of carbonyl (C=O) groups excluding carboxylic acids is 1. The second-order valence-electron chi connectivity index (χ2n) is 6.37. The summed E-state index contributed by atoms with van der Waals surface area (Å²) in [5, 5.41) is 4.65. The number of aromatic nitrogens is 2. The largest absolute Gasteiger partial charge is 0.493 e.